The van der Waals surface area contributed by atoms with Gasteiger partial charge in [-0.15, -0.1) is 5.10 Å². The fourth-order valence-corrected chi connectivity index (χ4v) is 3.08. The fraction of sp³-hybridized carbons (Fsp3) is 0.263. The molecule has 0 aliphatic carbocycles. The van der Waals surface area contributed by atoms with Crippen molar-refractivity contribution in [2.75, 3.05) is 20.6 Å². The molecule has 0 aliphatic heterocycles. The Morgan fingerprint density at radius 3 is 2.50 bits per heavy atom. The molecule has 0 saturated carbocycles. The van der Waals surface area contributed by atoms with Crippen LogP contribution in [-0.2, 0) is 13.6 Å². The summed E-state index contributed by atoms with van der Waals surface area (Å²) >= 11 is 0. The van der Waals surface area contributed by atoms with Gasteiger partial charge in [-0.3, -0.25) is 0 Å². The van der Waals surface area contributed by atoms with E-state index in [9.17, 15) is 0 Å². The third kappa shape index (κ3) is 2.57. The summed E-state index contributed by atoms with van der Waals surface area (Å²) in [5.41, 5.74) is 5.66. The molecule has 0 radical (unpaired) electrons. The van der Waals surface area contributed by atoms with Crippen LogP contribution in [0.3, 0.4) is 0 Å². The third-order valence-electron chi connectivity index (χ3n) is 4.51. The average molecular weight is 319 g/mol. The zero-order chi connectivity index (χ0) is 16.7. The Labute approximate surface area is 141 Å². The Hall–Kier alpha value is -2.66. The molecule has 0 unspecified atom stereocenters. The van der Waals surface area contributed by atoms with Crippen LogP contribution in [-0.4, -0.2) is 45.1 Å². The number of benzene rings is 2. The monoisotopic (exact) mass is 319 g/mol. The van der Waals surface area contributed by atoms with Crippen LogP contribution < -0.4 is 0 Å². The second kappa shape index (κ2) is 5.76. The minimum absolute atomic E-state index is 0.927. The summed E-state index contributed by atoms with van der Waals surface area (Å²) in [4.78, 5) is 2.21. The number of aromatic nitrogens is 4. The zero-order valence-corrected chi connectivity index (χ0v) is 14.3. The lowest BCUT2D eigenvalue weighted by atomic mass is 10.0. The largest absolute Gasteiger partial charge is 0.346 e. The van der Waals surface area contributed by atoms with E-state index in [4.69, 9.17) is 0 Å². The molecule has 0 N–H and O–H groups in total. The van der Waals surface area contributed by atoms with Crippen LogP contribution in [0.5, 0.6) is 0 Å². The number of hydrogen-bond donors (Lipinski definition) is 0. The van der Waals surface area contributed by atoms with E-state index >= 15 is 0 Å². The van der Waals surface area contributed by atoms with E-state index in [2.05, 4.69) is 76.5 Å². The van der Waals surface area contributed by atoms with Gasteiger partial charge in [0.1, 0.15) is 5.52 Å². The van der Waals surface area contributed by atoms with Crippen LogP contribution in [0.1, 0.15) is 0 Å². The topological polar surface area (TPSA) is 38.9 Å². The lowest BCUT2D eigenvalue weighted by molar-refractivity contribution is 0.387. The van der Waals surface area contributed by atoms with Gasteiger partial charge in [0, 0.05) is 31.9 Å². The number of rotatable bonds is 4. The summed E-state index contributed by atoms with van der Waals surface area (Å²) in [5, 5.41) is 9.52. The Kier molecular flexibility index (Phi) is 3.58. The maximum atomic E-state index is 4.15. The highest BCUT2D eigenvalue weighted by Gasteiger charge is 2.07. The molecule has 0 spiro atoms. The Bertz CT molecular complexity index is 1010. The minimum atomic E-state index is 0.927. The van der Waals surface area contributed by atoms with E-state index in [0.29, 0.717) is 0 Å². The van der Waals surface area contributed by atoms with Crippen molar-refractivity contribution >= 4 is 21.9 Å². The first kappa shape index (κ1) is 14.9. The molecule has 2 aromatic carbocycles. The van der Waals surface area contributed by atoms with Gasteiger partial charge < -0.3 is 9.47 Å². The predicted octanol–water partition coefficient (Wildman–Crippen LogP) is 3.15. The van der Waals surface area contributed by atoms with Gasteiger partial charge in [-0.05, 0) is 54.9 Å². The normalized spacial score (nSPS) is 11.8. The molecule has 5 heteroatoms. The number of nitrogens with zero attached hydrogens (tertiary/aromatic N) is 5. The molecular formula is C19H21N5. The van der Waals surface area contributed by atoms with Gasteiger partial charge in [0.15, 0.2) is 0 Å². The number of likely N-dealkylation sites (N-methyl/N-ethyl adjacent to an activating group) is 1. The average Bonchev–Trinajstić information content (AvgIpc) is 3.16. The van der Waals surface area contributed by atoms with E-state index in [1.807, 2.05) is 17.8 Å². The Morgan fingerprint density at radius 2 is 1.71 bits per heavy atom. The molecular weight excluding hydrogens is 298 g/mol. The van der Waals surface area contributed by atoms with Crippen molar-refractivity contribution in [2.24, 2.45) is 7.05 Å². The van der Waals surface area contributed by atoms with E-state index in [1.54, 1.807) is 0 Å². The van der Waals surface area contributed by atoms with Crippen molar-refractivity contribution < 1.29 is 0 Å². The minimum Gasteiger partial charge on any atom is -0.346 e. The summed E-state index contributed by atoms with van der Waals surface area (Å²) in [6.45, 7) is 2.02. The maximum Gasteiger partial charge on any atom is 0.113 e. The summed E-state index contributed by atoms with van der Waals surface area (Å²) in [7, 11) is 6.14. The molecule has 0 fully saturated rings. The molecule has 2 aromatic heterocycles. The van der Waals surface area contributed by atoms with E-state index in [0.717, 1.165) is 24.1 Å². The summed E-state index contributed by atoms with van der Waals surface area (Å²) < 4.78 is 4.14. The third-order valence-corrected chi connectivity index (χ3v) is 4.51. The van der Waals surface area contributed by atoms with E-state index < -0.39 is 0 Å². The summed E-state index contributed by atoms with van der Waals surface area (Å²) in [6, 6.07) is 15.1. The molecule has 4 aromatic rings. The highest BCUT2D eigenvalue weighted by molar-refractivity contribution is 5.88. The molecule has 2 heterocycles. The van der Waals surface area contributed by atoms with E-state index in [-0.39, 0.29) is 0 Å². The van der Waals surface area contributed by atoms with Crippen molar-refractivity contribution in [3.63, 3.8) is 0 Å². The SMILES string of the molecule is CN(C)CCn1ccc2ccc(-c3ccc4nnn(C)c4c3)cc21. The Balaban J connectivity index is 1.77. The van der Waals surface area contributed by atoms with Gasteiger partial charge in [0.05, 0.1) is 5.52 Å². The molecule has 0 amide bonds. The predicted molar refractivity (Wildman–Crippen MR) is 98.0 cm³/mol. The van der Waals surface area contributed by atoms with Crippen molar-refractivity contribution in [3.8, 4) is 11.1 Å². The zero-order valence-electron chi connectivity index (χ0n) is 14.3. The first-order chi connectivity index (χ1) is 11.6. The van der Waals surface area contributed by atoms with Crippen molar-refractivity contribution in [1.29, 1.82) is 0 Å². The quantitative estimate of drug-likeness (QED) is 0.580. The number of hydrogen-bond acceptors (Lipinski definition) is 3. The van der Waals surface area contributed by atoms with Gasteiger partial charge in [-0.25, -0.2) is 4.68 Å². The molecule has 5 nitrogen and oxygen atoms in total. The summed E-state index contributed by atoms with van der Waals surface area (Å²) in [6.07, 6.45) is 2.17. The smallest absolute Gasteiger partial charge is 0.113 e. The van der Waals surface area contributed by atoms with Gasteiger partial charge in [-0.2, -0.15) is 0 Å². The van der Waals surface area contributed by atoms with Crippen molar-refractivity contribution in [1.82, 2.24) is 24.5 Å². The van der Waals surface area contributed by atoms with Gasteiger partial charge >= 0.3 is 0 Å². The van der Waals surface area contributed by atoms with Crippen LogP contribution in [0.4, 0.5) is 0 Å². The van der Waals surface area contributed by atoms with Crippen molar-refractivity contribution in [3.05, 3.63) is 48.7 Å². The van der Waals surface area contributed by atoms with Crippen LogP contribution in [0.25, 0.3) is 33.1 Å². The lowest BCUT2D eigenvalue weighted by Gasteiger charge is -2.12. The second-order valence-corrected chi connectivity index (χ2v) is 6.50. The first-order valence-electron chi connectivity index (χ1n) is 8.15. The number of fused-ring (bicyclic) bond motifs is 2. The molecule has 0 atom stereocenters. The van der Waals surface area contributed by atoms with Crippen LogP contribution in [0.15, 0.2) is 48.7 Å². The standard InChI is InChI=1S/C19H21N5/c1-22(2)10-11-24-9-8-14-4-5-15(12-18(14)24)16-6-7-17-19(13-16)23(3)21-20-17/h4-9,12-13H,10-11H2,1-3H3. The van der Waals surface area contributed by atoms with Gasteiger partial charge in [0.2, 0.25) is 0 Å². The van der Waals surface area contributed by atoms with Crippen LogP contribution >= 0.6 is 0 Å². The molecule has 0 bridgehead atoms. The van der Waals surface area contributed by atoms with Crippen molar-refractivity contribution in [2.45, 2.75) is 6.54 Å². The first-order valence-corrected chi connectivity index (χ1v) is 8.15. The van der Waals surface area contributed by atoms with Crippen LogP contribution in [0.2, 0.25) is 0 Å². The molecule has 0 aliphatic rings. The van der Waals surface area contributed by atoms with Gasteiger partial charge in [0.25, 0.3) is 0 Å². The Morgan fingerprint density at radius 1 is 0.958 bits per heavy atom. The fourth-order valence-electron chi connectivity index (χ4n) is 3.08. The highest BCUT2D eigenvalue weighted by atomic mass is 15.4. The second-order valence-electron chi connectivity index (χ2n) is 6.50. The molecule has 24 heavy (non-hydrogen) atoms. The van der Waals surface area contributed by atoms with Crippen LogP contribution in [0, 0.1) is 0 Å². The lowest BCUT2D eigenvalue weighted by Crippen LogP contribution is -2.17. The maximum absolute atomic E-state index is 4.15. The molecule has 0 saturated heterocycles. The summed E-state index contributed by atoms with van der Waals surface area (Å²) in [5.74, 6) is 0. The van der Waals surface area contributed by atoms with E-state index in [1.165, 1.54) is 22.0 Å². The highest BCUT2D eigenvalue weighted by Crippen LogP contribution is 2.27. The molecule has 4 rings (SSSR count). The molecule has 122 valence electrons. The van der Waals surface area contributed by atoms with Gasteiger partial charge in [-0.1, -0.05) is 23.4 Å². The number of aryl methyl sites for hydroxylation is 1.